The molecule has 1 aromatic heterocycles. The van der Waals surface area contributed by atoms with Crippen LogP contribution < -0.4 is 20.5 Å². The van der Waals surface area contributed by atoms with Gasteiger partial charge in [0.15, 0.2) is 17.1 Å². The van der Waals surface area contributed by atoms with Crippen molar-refractivity contribution in [2.75, 3.05) is 13.2 Å². The van der Waals surface area contributed by atoms with Crippen LogP contribution in [-0.4, -0.2) is 23.7 Å². The second kappa shape index (κ2) is 6.83. The van der Waals surface area contributed by atoms with E-state index >= 15 is 0 Å². The van der Waals surface area contributed by atoms with E-state index in [1.165, 1.54) is 4.57 Å². The third-order valence-electron chi connectivity index (χ3n) is 4.71. The van der Waals surface area contributed by atoms with Gasteiger partial charge in [-0.3, -0.25) is 9.36 Å². The predicted octanol–water partition coefficient (Wildman–Crippen LogP) is 2.80. The van der Waals surface area contributed by atoms with Crippen LogP contribution in [0.1, 0.15) is 31.5 Å². The summed E-state index contributed by atoms with van der Waals surface area (Å²) < 4.78 is 17.7. The highest BCUT2D eigenvalue weighted by molar-refractivity contribution is 5.83. The number of carbonyl (C=O) groups excluding carboxylic acids is 1. The summed E-state index contributed by atoms with van der Waals surface area (Å²) in [4.78, 5) is 24.9. The molecule has 1 aliphatic heterocycles. The van der Waals surface area contributed by atoms with Crippen LogP contribution in [0, 0.1) is 0 Å². The molecule has 0 aliphatic carbocycles. The lowest BCUT2D eigenvalue weighted by Gasteiger charge is -2.22. The van der Waals surface area contributed by atoms with Gasteiger partial charge in [0, 0.05) is 0 Å². The molecule has 7 nitrogen and oxygen atoms in total. The van der Waals surface area contributed by atoms with Crippen molar-refractivity contribution in [1.82, 2.24) is 9.88 Å². The van der Waals surface area contributed by atoms with Crippen molar-refractivity contribution in [3.8, 4) is 11.5 Å². The number of aromatic nitrogens is 1. The predicted molar refractivity (Wildman–Crippen MR) is 99.2 cm³/mol. The molecule has 7 heteroatoms. The molecule has 2 aromatic carbocycles. The zero-order valence-corrected chi connectivity index (χ0v) is 15.1. The summed E-state index contributed by atoms with van der Waals surface area (Å²) in [5.41, 5.74) is 1.95. The first kappa shape index (κ1) is 17.2. The highest BCUT2D eigenvalue weighted by Crippen LogP contribution is 2.32. The van der Waals surface area contributed by atoms with E-state index in [1.54, 1.807) is 31.2 Å². The van der Waals surface area contributed by atoms with Crippen molar-refractivity contribution >= 4 is 17.0 Å². The van der Waals surface area contributed by atoms with Gasteiger partial charge in [0.25, 0.3) is 0 Å². The molecule has 3 aromatic rings. The number of hydrogen-bond acceptors (Lipinski definition) is 5. The molecular formula is C20H20N2O5. The second-order valence-electron chi connectivity index (χ2n) is 6.52. The molecule has 140 valence electrons. The number of fused-ring (bicyclic) bond motifs is 2. The Labute approximate surface area is 155 Å². The van der Waals surface area contributed by atoms with Crippen molar-refractivity contribution in [2.45, 2.75) is 25.9 Å². The van der Waals surface area contributed by atoms with Crippen LogP contribution in [-0.2, 0) is 4.79 Å². The molecule has 0 saturated heterocycles. The third kappa shape index (κ3) is 3.16. The number of para-hydroxylation sites is 2. The lowest BCUT2D eigenvalue weighted by atomic mass is 10.1. The first-order valence-electron chi connectivity index (χ1n) is 8.84. The van der Waals surface area contributed by atoms with Crippen molar-refractivity contribution in [3.63, 3.8) is 0 Å². The van der Waals surface area contributed by atoms with Gasteiger partial charge in [-0.15, -0.1) is 0 Å². The fourth-order valence-electron chi connectivity index (χ4n) is 3.21. The van der Waals surface area contributed by atoms with Crippen LogP contribution in [0.2, 0.25) is 0 Å². The molecule has 0 radical (unpaired) electrons. The molecule has 0 bridgehead atoms. The molecule has 2 atom stereocenters. The number of ether oxygens (including phenoxy) is 2. The van der Waals surface area contributed by atoms with Crippen LogP contribution in [0.4, 0.5) is 0 Å². The average molecular weight is 368 g/mol. The van der Waals surface area contributed by atoms with Crippen molar-refractivity contribution < 1.29 is 18.7 Å². The minimum Gasteiger partial charge on any atom is -0.486 e. The van der Waals surface area contributed by atoms with Crippen LogP contribution in [0.3, 0.4) is 0 Å². The summed E-state index contributed by atoms with van der Waals surface area (Å²) in [5.74, 6) is 0.551. The molecule has 1 aliphatic rings. The highest BCUT2D eigenvalue weighted by Gasteiger charge is 2.23. The molecule has 2 unspecified atom stereocenters. The zero-order valence-electron chi connectivity index (χ0n) is 15.1. The summed E-state index contributed by atoms with van der Waals surface area (Å²) in [6.45, 7) is 4.59. The van der Waals surface area contributed by atoms with Gasteiger partial charge in [-0.05, 0) is 43.7 Å². The van der Waals surface area contributed by atoms with E-state index in [9.17, 15) is 9.59 Å². The van der Waals surface area contributed by atoms with Gasteiger partial charge in [-0.25, -0.2) is 4.79 Å². The topological polar surface area (TPSA) is 82.7 Å². The van der Waals surface area contributed by atoms with E-state index < -0.39 is 11.8 Å². The molecule has 27 heavy (non-hydrogen) atoms. The van der Waals surface area contributed by atoms with Crippen molar-refractivity contribution in [2.24, 2.45) is 0 Å². The molecule has 1 amide bonds. The third-order valence-corrected chi connectivity index (χ3v) is 4.71. The van der Waals surface area contributed by atoms with Gasteiger partial charge in [0.05, 0.1) is 11.6 Å². The van der Waals surface area contributed by atoms with E-state index in [0.717, 1.165) is 5.56 Å². The van der Waals surface area contributed by atoms with E-state index in [0.29, 0.717) is 35.8 Å². The largest absolute Gasteiger partial charge is 0.486 e. The van der Waals surface area contributed by atoms with E-state index in [4.69, 9.17) is 13.9 Å². The second-order valence-corrected chi connectivity index (χ2v) is 6.52. The number of oxazole rings is 1. The fourth-order valence-corrected chi connectivity index (χ4v) is 3.21. The van der Waals surface area contributed by atoms with E-state index in [1.807, 2.05) is 25.1 Å². The number of hydrogen-bond donors (Lipinski definition) is 1. The maximum atomic E-state index is 12.7. The Kier molecular flexibility index (Phi) is 4.35. The quantitative estimate of drug-likeness (QED) is 0.766. The normalized spacial score (nSPS) is 15.3. The van der Waals surface area contributed by atoms with Gasteiger partial charge in [0.1, 0.15) is 19.3 Å². The maximum Gasteiger partial charge on any atom is 0.420 e. The summed E-state index contributed by atoms with van der Waals surface area (Å²) in [7, 11) is 0. The van der Waals surface area contributed by atoms with Gasteiger partial charge in [0.2, 0.25) is 5.91 Å². The Balaban J connectivity index is 1.54. The molecular weight excluding hydrogens is 348 g/mol. The number of rotatable bonds is 4. The first-order chi connectivity index (χ1) is 13.0. The lowest BCUT2D eigenvalue weighted by Crippen LogP contribution is -2.35. The zero-order chi connectivity index (χ0) is 19.0. The highest BCUT2D eigenvalue weighted by atomic mass is 16.6. The van der Waals surface area contributed by atoms with Gasteiger partial charge >= 0.3 is 5.76 Å². The van der Waals surface area contributed by atoms with Crippen LogP contribution in [0.25, 0.3) is 11.1 Å². The monoisotopic (exact) mass is 368 g/mol. The average Bonchev–Trinajstić information content (AvgIpc) is 3.02. The van der Waals surface area contributed by atoms with Crippen LogP contribution in [0.5, 0.6) is 11.5 Å². The molecule has 4 rings (SSSR count). The minimum atomic E-state index is -0.708. The molecule has 1 N–H and O–H groups in total. The number of nitrogens with one attached hydrogen (secondary N) is 1. The molecule has 0 saturated carbocycles. The Bertz CT molecular complexity index is 1050. The summed E-state index contributed by atoms with van der Waals surface area (Å²) in [6.07, 6.45) is 0. The summed E-state index contributed by atoms with van der Waals surface area (Å²) >= 11 is 0. The van der Waals surface area contributed by atoms with Crippen molar-refractivity contribution in [1.29, 1.82) is 0 Å². The smallest absolute Gasteiger partial charge is 0.420 e. The lowest BCUT2D eigenvalue weighted by molar-refractivity contribution is -0.124. The molecule has 2 heterocycles. The molecule has 0 spiro atoms. The summed E-state index contributed by atoms with van der Waals surface area (Å²) in [6, 6.07) is 11.7. The van der Waals surface area contributed by atoms with E-state index in [2.05, 4.69) is 5.32 Å². The fraction of sp³-hybridized carbons (Fsp3) is 0.300. The first-order valence-corrected chi connectivity index (χ1v) is 8.84. The van der Waals surface area contributed by atoms with Crippen molar-refractivity contribution in [3.05, 3.63) is 58.6 Å². The summed E-state index contributed by atoms with van der Waals surface area (Å²) in [5, 5.41) is 2.95. The minimum absolute atomic E-state index is 0.260. The van der Waals surface area contributed by atoms with Gasteiger partial charge < -0.3 is 19.2 Å². The van der Waals surface area contributed by atoms with E-state index in [-0.39, 0.29) is 11.9 Å². The Morgan fingerprint density at radius 2 is 1.81 bits per heavy atom. The standard InChI is InChI=1S/C20H20N2O5/c1-12(14-7-8-17-18(11-14)26-10-9-25-17)21-19(23)13(2)22-15-5-3-4-6-16(15)27-20(22)24/h3-8,11-13H,9-10H2,1-2H3,(H,21,23). The SMILES string of the molecule is CC(NC(=O)C(C)n1c(=O)oc2ccccc21)c1ccc2c(c1)OCCO2. The van der Waals surface area contributed by atoms with Gasteiger partial charge in [-0.2, -0.15) is 0 Å². The number of amides is 1. The van der Waals surface area contributed by atoms with Crippen LogP contribution in [0.15, 0.2) is 51.7 Å². The Morgan fingerprint density at radius 1 is 1.07 bits per heavy atom. The number of benzene rings is 2. The number of carbonyl (C=O) groups is 1. The van der Waals surface area contributed by atoms with Crippen LogP contribution >= 0.6 is 0 Å². The van der Waals surface area contributed by atoms with Gasteiger partial charge in [-0.1, -0.05) is 18.2 Å². The Hall–Kier alpha value is -3.22. The number of nitrogens with zero attached hydrogens (tertiary/aromatic N) is 1. The maximum absolute atomic E-state index is 12.7. The Morgan fingerprint density at radius 3 is 2.63 bits per heavy atom. The molecule has 0 fully saturated rings.